The molecule has 8 nitrogen and oxygen atoms in total. The highest BCUT2D eigenvalue weighted by Gasteiger charge is 2.30. The van der Waals surface area contributed by atoms with Crippen molar-refractivity contribution in [1.82, 2.24) is 19.7 Å². The second-order valence-corrected chi connectivity index (χ2v) is 5.56. The van der Waals surface area contributed by atoms with Crippen molar-refractivity contribution in [1.29, 1.82) is 0 Å². The lowest BCUT2D eigenvalue weighted by molar-refractivity contribution is -0.274. The highest BCUT2D eigenvalue weighted by atomic mass is 19.4. The SMILES string of the molecule is COC(O)c1ccc(NCc2ncn(-c3ccc(OC(F)(F)F)cc3)n2)cn1. The Balaban J connectivity index is 1.59. The molecule has 0 radical (unpaired) electrons. The van der Waals surface area contributed by atoms with Crippen LogP contribution in [0.15, 0.2) is 48.9 Å². The van der Waals surface area contributed by atoms with Gasteiger partial charge in [0, 0.05) is 7.11 Å². The first-order chi connectivity index (χ1) is 13.3. The topological polar surface area (TPSA) is 94.3 Å². The second kappa shape index (κ2) is 8.23. The first kappa shape index (κ1) is 19.6. The van der Waals surface area contributed by atoms with Crippen molar-refractivity contribution in [2.45, 2.75) is 19.2 Å². The second-order valence-electron chi connectivity index (χ2n) is 5.56. The number of alkyl halides is 3. The van der Waals surface area contributed by atoms with Gasteiger partial charge in [0.2, 0.25) is 0 Å². The lowest BCUT2D eigenvalue weighted by atomic mass is 10.3. The Hall–Kier alpha value is -3.18. The number of rotatable bonds is 7. The Labute approximate surface area is 157 Å². The summed E-state index contributed by atoms with van der Waals surface area (Å²) in [4.78, 5) is 8.22. The number of nitrogens with zero attached hydrogens (tertiary/aromatic N) is 4. The van der Waals surface area contributed by atoms with Gasteiger partial charge < -0.3 is 19.9 Å². The molecule has 1 aromatic carbocycles. The van der Waals surface area contributed by atoms with Gasteiger partial charge in [0.25, 0.3) is 0 Å². The standard InChI is InChI=1S/C17H16F3N5O3/c1-27-16(26)14-7-2-11(8-22-14)21-9-15-23-10-25(24-15)12-3-5-13(6-4-12)28-17(18,19)20/h2-8,10,16,21,26H,9H2,1H3. The molecule has 0 spiro atoms. The molecule has 0 bridgehead atoms. The van der Waals surface area contributed by atoms with Gasteiger partial charge in [-0.05, 0) is 36.4 Å². The van der Waals surface area contributed by atoms with Crippen LogP contribution in [0.4, 0.5) is 18.9 Å². The number of aliphatic hydroxyl groups is 1. The molecule has 0 aliphatic rings. The van der Waals surface area contributed by atoms with Gasteiger partial charge in [0.15, 0.2) is 12.1 Å². The zero-order valence-corrected chi connectivity index (χ0v) is 14.6. The minimum absolute atomic E-state index is 0.302. The summed E-state index contributed by atoms with van der Waals surface area (Å²) in [6.07, 6.45) is -2.83. The molecule has 11 heteroatoms. The molecular weight excluding hydrogens is 379 g/mol. The van der Waals surface area contributed by atoms with Gasteiger partial charge in [-0.3, -0.25) is 4.98 Å². The van der Waals surface area contributed by atoms with Gasteiger partial charge in [-0.2, -0.15) is 0 Å². The highest BCUT2D eigenvalue weighted by Crippen LogP contribution is 2.23. The van der Waals surface area contributed by atoms with Crippen LogP contribution < -0.4 is 10.1 Å². The number of benzene rings is 1. The summed E-state index contributed by atoms with van der Waals surface area (Å²) in [6, 6.07) is 8.62. The first-order valence-corrected chi connectivity index (χ1v) is 8.01. The van der Waals surface area contributed by atoms with Crippen LogP contribution in [0.3, 0.4) is 0 Å². The number of hydrogen-bond acceptors (Lipinski definition) is 7. The molecule has 0 aliphatic heterocycles. The molecule has 2 aromatic heterocycles. The van der Waals surface area contributed by atoms with E-state index in [2.05, 4.69) is 25.1 Å². The van der Waals surface area contributed by atoms with Crippen LogP contribution in [0.1, 0.15) is 17.8 Å². The molecule has 0 aliphatic carbocycles. The number of halogens is 3. The number of ether oxygens (including phenoxy) is 2. The molecule has 0 saturated heterocycles. The van der Waals surface area contributed by atoms with Crippen molar-refractivity contribution in [2.75, 3.05) is 12.4 Å². The summed E-state index contributed by atoms with van der Waals surface area (Å²) in [5.74, 6) is 0.157. The fourth-order valence-electron chi connectivity index (χ4n) is 2.26. The van der Waals surface area contributed by atoms with Gasteiger partial charge in [-0.15, -0.1) is 18.3 Å². The maximum absolute atomic E-state index is 12.2. The van der Waals surface area contributed by atoms with Crippen LogP contribution in [-0.2, 0) is 11.3 Å². The zero-order valence-electron chi connectivity index (χ0n) is 14.6. The monoisotopic (exact) mass is 395 g/mol. The summed E-state index contributed by atoms with van der Waals surface area (Å²) in [6.45, 7) is 0.302. The third kappa shape index (κ3) is 5.18. The number of hydrogen-bond donors (Lipinski definition) is 2. The predicted molar refractivity (Wildman–Crippen MR) is 91.6 cm³/mol. The summed E-state index contributed by atoms with van der Waals surface area (Å²) in [7, 11) is 1.37. The number of aromatic nitrogens is 4. The minimum Gasteiger partial charge on any atom is -0.406 e. The highest BCUT2D eigenvalue weighted by molar-refractivity contribution is 5.41. The zero-order chi connectivity index (χ0) is 20.1. The number of aliphatic hydroxyl groups excluding tert-OH is 1. The summed E-state index contributed by atoms with van der Waals surface area (Å²) in [5, 5.41) is 16.9. The van der Waals surface area contributed by atoms with Crippen molar-refractivity contribution in [3.05, 3.63) is 60.4 Å². The molecule has 3 rings (SSSR count). The number of anilines is 1. The average molecular weight is 395 g/mol. The molecule has 2 heterocycles. The largest absolute Gasteiger partial charge is 0.573 e. The van der Waals surface area contributed by atoms with Crippen molar-refractivity contribution < 1.29 is 27.8 Å². The van der Waals surface area contributed by atoms with E-state index in [9.17, 15) is 18.3 Å². The Morgan fingerprint density at radius 2 is 1.89 bits per heavy atom. The molecule has 1 atom stereocenters. The van der Waals surface area contributed by atoms with Crippen LogP contribution >= 0.6 is 0 Å². The quantitative estimate of drug-likeness (QED) is 0.594. The number of pyridine rings is 1. The van der Waals surface area contributed by atoms with Gasteiger partial charge in [0.1, 0.15) is 12.1 Å². The lowest BCUT2D eigenvalue weighted by Gasteiger charge is -2.09. The molecule has 1 unspecified atom stereocenters. The smallest absolute Gasteiger partial charge is 0.406 e. The Kier molecular flexibility index (Phi) is 5.76. The molecule has 2 N–H and O–H groups in total. The Bertz CT molecular complexity index is 898. The molecule has 28 heavy (non-hydrogen) atoms. The van der Waals surface area contributed by atoms with Gasteiger partial charge in [-0.1, -0.05) is 0 Å². The van der Waals surface area contributed by atoms with Gasteiger partial charge >= 0.3 is 6.36 Å². The fourth-order valence-corrected chi connectivity index (χ4v) is 2.26. The van der Waals surface area contributed by atoms with E-state index in [0.29, 0.717) is 29.4 Å². The van der Waals surface area contributed by atoms with Crippen molar-refractivity contribution in [2.24, 2.45) is 0 Å². The molecule has 0 amide bonds. The molecular formula is C17H16F3N5O3. The van der Waals surface area contributed by atoms with E-state index in [1.807, 2.05) is 0 Å². The van der Waals surface area contributed by atoms with Gasteiger partial charge in [0.05, 0.1) is 29.8 Å². The number of nitrogens with one attached hydrogen (secondary N) is 1. The van der Waals surface area contributed by atoms with Crippen LogP contribution in [-0.4, -0.2) is 38.3 Å². The third-order valence-electron chi connectivity index (χ3n) is 3.59. The average Bonchev–Trinajstić information content (AvgIpc) is 3.14. The van der Waals surface area contributed by atoms with Crippen molar-refractivity contribution in [3.63, 3.8) is 0 Å². The van der Waals surface area contributed by atoms with Crippen molar-refractivity contribution >= 4 is 5.69 Å². The van der Waals surface area contributed by atoms with Crippen LogP contribution in [0, 0.1) is 0 Å². The van der Waals surface area contributed by atoms with Gasteiger partial charge in [-0.25, -0.2) is 9.67 Å². The van der Waals surface area contributed by atoms with Crippen LogP contribution in [0.5, 0.6) is 5.75 Å². The third-order valence-corrected chi connectivity index (χ3v) is 3.59. The van der Waals surface area contributed by atoms with E-state index in [1.54, 1.807) is 12.1 Å². The van der Waals surface area contributed by atoms with Crippen LogP contribution in [0.25, 0.3) is 5.69 Å². The van der Waals surface area contributed by atoms with E-state index in [1.165, 1.54) is 48.6 Å². The predicted octanol–water partition coefficient (Wildman–Crippen LogP) is 2.81. The van der Waals surface area contributed by atoms with E-state index in [-0.39, 0.29) is 5.75 Å². The summed E-state index contributed by atoms with van der Waals surface area (Å²) < 4.78 is 46.6. The van der Waals surface area contributed by atoms with Crippen molar-refractivity contribution in [3.8, 4) is 11.4 Å². The summed E-state index contributed by atoms with van der Waals surface area (Å²) >= 11 is 0. The Morgan fingerprint density at radius 1 is 1.14 bits per heavy atom. The minimum atomic E-state index is -4.73. The Morgan fingerprint density at radius 3 is 2.50 bits per heavy atom. The number of methoxy groups -OCH3 is 1. The molecule has 3 aromatic rings. The maximum Gasteiger partial charge on any atom is 0.573 e. The van der Waals surface area contributed by atoms with Crippen LogP contribution in [0.2, 0.25) is 0 Å². The first-order valence-electron chi connectivity index (χ1n) is 8.01. The molecule has 148 valence electrons. The molecule has 0 saturated carbocycles. The normalized spacial score (nSPS) is 12.6. The fraction of sp³-hybridized carbons (Fsp3) is 0.235. The molecule has 0 fully saturated rings. The maximum atomic E-state index is 12.2. The van der Waals surface area contributed by atoms with E-state index in [0.717, 1.165) is 0 Å². The van der Waals surface area contributed by atoms with E-state index >= 15 is 0 Å². The lowest BCUT2D eigenvalue weighted by Crippen LogP contribution is -2.17. The van der Waals surface area contributed by atoms with E-state index in [4.69, 9.17) is 4.74 Å². The van der Waals surface area contributed by atoms with E-state index < -0.39 is 12.7 Å². The summed E-state index contributed by atoms with van der Waals surface area (Å²) in [5.41, 5.74) is 1.61.